The molecule has 0 bridgehead atoms. The summed E-state index contributed by atoms with van der Waals surface area (Å²) in [7, 11) is 2.96. The maximum Gasteiger partial charge on any atom is 0.341 e. The lowest BCUT2D eigenvalue weighted by Gasteiger charge is -2.05. The summed E-state index contributed by atoms with van der Waals surface area (Å²) >= 11 is 3.28. The van der Waals surface area contributed by atoms with Crippen molar-refractivity contribution >= 4 is 30.9 Å². The Morgan fingerprint density at radius 1 is 1.45 bits per heavy atom. The molecule has 0 atom stereocenters. The molecule has 0 aliphatic rings. The van der Waals surface area contributed by atoms with Gasteiger partial charge in [-0.1, -0.05) is 40.7 Å². The van der Waals surface area contributed by atoms with E-state index in [4.69, 9.17) is 4.43 Å². The summed E-state index contributed by atoms with van der Waals surface area (Å²) in [4.78, 5) is 0. The monoisotopic (exact) mass is 225 g/mol. The highest BCUT2D eigenvalue weighted by atomic mass is 79.9. The zero-order valence-electron chi connectivity index (χ0n) is 5.80. The number of hydrogen-bond acceptors (Lipinski definition) is 1. The summed E-state index contributed by atoms with van der Waals surface area (Å²) in [6.07, 6.45) is 0. The summed E-state index contributed by atoms with van der Waals surface area (Å²) in [5, 5.41) is 0. The fourth-order valence-electron chi connectivity index (χ4n) is 0.780. The molecular formula is C8H6BrOSi. The van der Waals surface area contributed by atoms with Crippen molar-refractivity contribution in [3.63, 3.8) is 0 Å². The maximum absolute atomic E-state index is 4.92. The van der Waals surface area contributed by atoms with Gasteiger partial charge in [0.15, 0.2) is 0 Å². The molecule has 0 heterocycles. The van der Waals surface area contributed by atoms with Gasteiger partial charge in [-0.15, -0.1) is 0 Å². The van der Waals surface area contributed by atoms with E-state index in [0.29, 0.717) is 0 Å². The Morgan fingerprint density at radius 2 is 2.09 bits per heavy atom. The lowest BCUT2D eigenvalue weighted by atomic mass is 10.2. The van der Waals surface area contributed by atoms with Crippen LogP contribution in [0, 0.1) is 0 Å². The van der Waals surface area contributed by atoms with Gasteiger partial charge in [-0.25, -0.2) is 0 Å². The molecular weight excluding hydrogens is 220 g/mol. The van der Waals surface area contributed by atoms with Crippen LogP contribution >= 0.6 is 15.9 Å². The molecule has 1 aromatic rings. The zero-order valence-corrected chi connectivity index (χ0v) is 8.39. The third-order valence-corrected chi connectivity index (χ3v) is 1.94. The Balaban J connectivity index is 3.12. The van der Waals surface area contributed by atoms with Crippen LogP contribution in [-0.2, 0) is 0 Å². The minimum atomic E-state index is 0.756. The minimum Gasteiger partial charge on any atom is -0.540 e. The average Bonchev–Trinajstić information content (AvgIpc) is 2.04. The van der Waals surface area contributed by atoms with Crippen molar-refractivity contribution < 1.29 is 4.43 Å². The first kappa shape index (κ1) is 8.55. The fraction of sp³-hybridized carbons (Fsp3) is 0. The Bertz CT molecular complexity index is 273. The molecule has 3 heteroatoms. The summed E-state index contributed by atoms with van der Waals surface area (Å²) in [5.74, 6) is 0.756. The van der Waals surface area contributed by atoms with E-state index in [1.165, 1.54) is 0 Å². The van der Waals surface area contributed by atoms with Gasteiger partial charge in [-0.2, -0.15) is 0 Å². The van der Waals surface area contributed by atoms with Gasteiger partial charge in [0, 0.05) is 10.0 Å². The number of para-hydroxylation sites is 1. The quantitative estimate of drug-likeness (QED) is 0.704. The van der Waals surface area contributed by atoms with E-state index < -0.39 is 0 Å². The van der Waals surface area contributed by atoms with Crippen molar-refractivity contribution in [2.24, 2.45) is 0 Å². The van der Waals surface area contributed by atoms with Gasteiger partial charge in [0.2, 0.25) is 0 Å². The van der Waals surface area contributed by atoms with E-state index in [1.54, 1.807) is 0 Å². The average molecular weight is 226 g/mol. The highest BCUT2D eigenvalue weighted by molar-refractivity contribution is 9.15. The molecule has 0 aliphatic heterocycles. The maximum atomic E-state index is 4.92. The van der Waals surface area contributed by atoms with Crippen LogP contribution in [0.3, 0.4) is 0 Å². The second kappa shape index (κ2) is 3.73. The van der Waals surface area contributed by atoms with Crippen LogP contribution in [-0.4, -0.2) is 10.5 Å². The second-order valence-corrected chi connectivity index (χ2v) is 3.16. The third-order valence-electron chi connectivity index (χ3n) is 1.29. The molecule has 0 saturated carbocycles. The van der Waals surface area contributed by atoms with Crippen molar-refractivity contribution in [1.29, 1.82) is 0 Å². The fourth-order valence-corrected chi connectivity index (χ4v) is 1.29. The van der Waals surface area contributed by atoms with Crippen LogP contribution < -0.4 is 4.43 Å². The van der Waals surface area contributed by atoms with E-state index in [0.717, 1.165) is 15.8 Å². The Morgan fingerprint density at radius 3 is 2.55 bits per heavy atom. The SMILES string of the molecule is C=C(Br)c1ccccc1O[Si]. The summed E-state index contributed by atoms with van der Waals surface area (Å²) in [6.45, 7) is 3.75. The molecule has 0 aromatic heterocycles. The molecule has 55 valence electrons. The van der Waals surface area contributed by atoms with Gasteiger partial charge < -0.3 is 4.43 Å². The predicted molar refractivity (Wildman–Crippen MR) is 50.8 cm³/mol. The molecule has 1 aromatic carbocycles. The topological polar surface area (TPSA) is 9.23 Å². The molecule has 1 nitrogen and oxygen atoms in total. The van der Waals surface area contributed by atoms with E-state index in [1.807, 2.05) is 24.3 Å². The first-order valence-corrected chi connectivity index (χ1v) is 4.23. The van der Waals surface area contributed by atoms with Crippen molar-refractivity contribution in [2.45, 2.75) is 0 Å². The van der Waals surface area contributed by atoms with Gasteiger partial charge in [0.05, 0.1) is 0 Å². The van der Waals surface area contributed by atoms with Gasteiger partial charge in [0.1, 0.15) is 5.75 Å². The van der Waals surface area contributed by atoms with Crippen LogP contribution in [0.15, 0.2) is 30.8 Å². The zero-order chi connectivity index (χ0) is 8.27. The number of benzene rings is 1. The van der Waals surface area contributed by atoms with Crippen molar-refractivity contribution in [3.05, 3.63) is 36.4 Å². The first-order chi connectivity index (χ1) is 5.25. The smallest absolute Gasteiger partial charge is 0.341 e. The molecule has 0 N–H and O–H groups in total. The Kier molecular flexibility index (Phi) is 2.90. The largest absolute Gasteiger partial charge is 0.540 e. The standard InChI is InChI=1S/C8H6BrOSi/c1-6(9)7-4-2-3-5-8(7)10-11/h2-5H,1H2. The van der Waals surface area contributed by atoms with Crippen LogP contribution in [0.25, 0.3) is 4.48 Å². The van der Waals surface area contributed by atoms with E-state index >= 15 is 0 Å². The molecule has 3 radical (unpaired) electrons. The van der Waals surface area contributed by atoms with Crippen LogP contribution in [0.1, 0.15) is 5.56 Å². The number of rotatable bonds is 2. The van der Waals surface area contributed by atoms with Gasteiger partial charge >= 0.3 is 10.5 Å². The van der Waals surface area contributed by atoms with Crippen molar-refractivity contribution in [2.75, 3.05) is 0 Å². The predicted octanol–water partition coefficient (Wildman–Crippen LogP) is 2.51. The third kappa shape index (κ3) is 1.94. The molecule has 0 amide bonds. The summed E-state index contributed by atoms with van der Waals surface area (Å²) in [6, 6.07) is 7.60. The normalized spacial score (nSPS) is 9.27. The van der Waals surface area contributed by atoms with Crippen LogP contribution in [0.4, 0.5) is 0 Å². The highest BCUT2D eigenvalue weighted by Gasteiger charge is 2.00. The van der Waals surface area contributed by atoms with E-state index in [9.17, 15) is 0 Å². The lowest BCUT2D eigenvalue weighted by Crippen LogP contribution is -1.88. The van der Waals surface area contributed by atoms with Crippen molar-refractivity contribution in [3.8, 4) is 5.75 Å². The molecule has 0 aliphatic carbocycles. The lowest BCUT2D eigenvalue weighted by molar-refractivity contribution is 0.614. The molecule has 0 saturated heterocycles. The Hall–Kier alpha value is -0.543. The van der Waals surface area contributed by atoms with Gasteiger partial charge in [-0.05, 0) is 6.07 Å². The highest BCUT2D eigenvalue weighted by Crippen LogP contribution is 2.27. The molecule has 11 heavy (non-hydrogen) atoms. The summed E-state index contributed by atoms with van der Waals surface area (Å²) < 4.78 is 5.73. The van der Waals surface area contributed by atoms with Crippen LogP contribution in [0.2, 0.25) is 0 Å². The molecule has 0 unspecified atom stereocenters. The first-order valence-electron chi connectivity index (χ1n) is 3.03. The van der Waals surface area contributed by atoms with Gasteiger partial charge in [0.25, 0.3) is 0 Å². The van der Waals surface area contributed by atoms with E-state index in [2.05, 4.69) is 33.0 Å². The Labute approximate surface area is 77.7 Å². The number of halogens is 1. The van der Waals surface area contributed by atoms with Crippen LogP contribution in [0.5, 0.6) is 5.75 Å². The molecule has 0 fully saturated rings. The van der Waals surface area contributed by atoms with Gasteiger partial charge in [-0.3, -0.25) is 0 Å². The number of hydrogen-bond donors (Lipinski definition) is 0. The van der Waals surface area contributed by atoms with E-state index in [-0.39, 0.29) is 0 Å². The second-order valence-electron chi connectivity index (χ2n) is 2.00. The van der Waals surface area contributed by atoms with Crippen molar-refractivity contribution in [1.82, 2.24) is 0 Å². The summed E-state index contributed by atoms with van der Waals surface area (Å²) in [5.41, 5.74) is 0.947. The molecule has 1 rings (SSSR count). The molecule has 0 spiro atoms. The minimum absolute atomic E-state index is 0.756.